The highest BCUT2D eigenvalue weighted by molar-refractivity contribution is 6.20. The van der Waals surface area contributed by atoms with Crippen LogP contribution in [0.4, 0.5) is 16.2 Å². The first-order chi connectivity index (χ1) is 20.7. The summed E-state index contributed by atoms with van der Waals surface area (Å²) in [6.45, 7) is 6.51. The average Bonchev–Trinajstić information content (AvgIpc) is 3.69. The molecule has 4 heterocycles. The Hall–Kier alpha value is -4.35. The second-order valence-corrected chi connectivity index (χ2v) is 11.3. The molecule has 2 aromatic carbocycles. The average molecular weight is 606 g/mol. The lowest BCUT2D eigenvalue weighted by Crippen LogP contribution is -2.60. The van der Waals surface area contributed by atoms with E-state index in [-0.39, 0.29) is 23.5 Å². The van der Waals surface area contributed by atoms with E-state index in [0.717, 1.165) is 35.2 Å². The Morgan fingerprint density at radius 3 is 2.58 bits per heavy atom. The Morgan fingerprint density at radius 2 is 1.88 bits per heavy atom. The fourth-order valence-corrected chi connectivity index (χ4v) is 6.33. The molecule has 0 spiro atoms. The molecule has 1 saturated heterocycles. The monoisotopic (exact) mass is 605 g/mol. The van der Waals surface area contributed by atoms with E-state index in [0.29, 0.717) is 53.2 Å². The SMILES string of the molecule is CC=[NH+]c1ccc2[nH]c(C(=O)N3C[C@@H](CCl)c4c3cc(OC(=O)N3CCN(C)CC3)c3[nH]c(C)c(C(=O)OC)c43)cc2c1. The first kappa shape index (κ1) is 28.8. The van der Waals surface area contributed by atoms with Crippen LogP contribution in [0.5, 0.6) is 5.75 Å². The van der Waals surface area contributed by atoms with Crippen LogP contribution in [0.15, 0.2) is 30.3 Å². The van der Waals surface area contributed by atoms with Crippen LogP contribution >= 0.6 is 11.6 Å². The van der Waals surface area contributed by atoms with Gasteiger partial charge in [0.1, 0.15) is 11.9 Å². The number of anilines is 1. The predicted molar refractivity (Wildman–Crippen MR) is 165 cm³/mol. The molecule has 11 nitrogen and oxygen atoms in total. The number of carbonyl (C=O) groups is 3. The van der Waals surface area contributed by atoms with Crippen molar-refractivity contribution in [1.82, 2.24) is 19.8 Å². The molecule has 0 radical (unpaired) electrons. The highest BCUT2D eigenvalue weighted by Gasteiger charge is 2.39. The van der Waals surface area contributed by atoms with E-state index in [4.69, 9.17) is 21.1 Å². The smallest absolute Gasteiger partial charge is 0.415 e. The molecular formula is C31H34ClN6O5+. The van der Waals surface area contributed by atoms with Crippen molar-refractivity contribution in [2.24, 2.45) is 0 Å². The minimum Gasteiger partial charge on any atom is -0.465 e. The van der Waals surface area contributed by atoms with Crippen molar-refractivity contribution in [3.63, 3.8) is 0 Å². The third-order valence-corrected chi connectivity index (χ3v) is 8.66. The molecule has 2 aliphatic heterocycles. The van der Waals surface area contributed by atoms with Crippen LogP contribution < -0.4 is 14.6 Å². The molecule has 6 rings (SSSR count). The second kappa shape index (κ2) is 11.4. The summed E-state index contributed by atoms with van der Waals surface area (Å²) < 4.78 is 11.1. The predicted octanol–water partition coefficient (Wildman–Crippen LogP) is 3.28. The standard InChI is InChI=1S/C31H33ClN6O5/c1-5-33-20-6-7-21-18(12-20)13-22(35-21)29(39)38-16-19(15-32)26-23(38)14-24(43-31(41)37-10-8-36(3)9-11-37)28-27(26)25(17(2)34-28)30(40)42-4/h5-7,12-14,19,34-35H,8-11,15-16H2,1-4H3/p+1/t19-/m1/s1. The zero-order chi connectivity index (χ0) is 30.4. The largest absolute Gasteiger partial charge is 0.465 e. The van der Waals surface area contributed by atoms with Crippen molar-refractivity contribution in [3.8, 4) is 5.75 Å². The van der Waals surface area contributed by atoms with Gasteiger partial charge in [-0.3, -0.25) is 4.79 Å². The number of halogens is 1. The van der Waals surface area contributed by atoms with Crippen LogP contribution in [0.25, 0.3) is 21.8 Å². The number of H-pyrrole nitrogens is 2. The van der Waals surface area contributed by atoms with Crippen molar-refractivity contribution in [1.29, 1.82) is 0 Å². The number of carbonyl (C=O) groups excluding carboxylic acids is 3. The summed E-state index contributed by atoms with van der Waals surface area (Å²) in [6, 6.07) is 9.34. The van der Waals surface area contributed by atoms with E-state index in [1.54, 1.807) is 22.8 Å². The molecular weight excluding hydrogens is 572 g/mol. The molecule has 0 unspecified atom stereocenters. The molecule has 1 fully saturated rings. The van der Waals surface area contributed by atoms with Gasteiger partial charge in [-0.25, -0.2) is 14.6 Å². The van der Waals surface area contributed by atoms with Gasteiger partial charge in [0.15, 0.2) is 5.75 Å². The number of alkyl halides is 1. The molecule has 0 saturated carbocycles. The van der Waals surface area contributed by atoms with E-state index in [9.17, 15) is 14.4 Å². The molecule has 2 aromatic heterocycles. The van der Waals surface area contributed by atoms with Gasteiger partial charge in [-0.05, 0) is 31.7 Å². The Morgan fingerprint density at radius 1 is 1.12 bits per heavy atom. The third-order valence-electron chi connectivity index (χ3n) is 8.29. The highest BCUT2D eigenvalue weighted by Crippen LogP contribution is 2.48. The molecule has 4 aromatic rings. The van der Waals surface area contributed by atoms with Gasteiger partial charge in [0.2, 0.25) is 5.69 Å². The number of aryl methyl sites for hydroxylation is 1. The third kappa shape index (κ3) is 5.02. The van der Waals surface area contributed by atoms with Gasteiger partial charge in [-0.2, -0.15) is 0 Å². The summed E-state index contributed by atoms with van der Waals surface area (Å²) in [5.74, 6) is -0.622. The van der Waals surface area contributed by atoms with E-state index in [1.165, 1.54) is 7.11 Å². The molecule has 2 amide bonds. The molecule has 0 aliphatic carbocycles. The first-order valence-corrected chi connectivity index (χ1v) is 14.7. The zero-order valence-corrected chi connectivity index (χ0v) is 25.3. The van der Waals surface area contributed by atoms with Crippen molar-refractivity contribution in [2.75, 3.05) is 57.7 Å². The number of fused-ring (bicyclic) bond motifs is 4. The van der Waals surface area contributed by atoms with Crippen molar-refractivity contribution in [2.45, 2.75) is 19.8 Å². The lowest BCUT2D eigenvalue weighted by molar-refractivity contribution is -0.347. The van der Waals surface area contributed by atoms with Crippen LogP contribution in [-0.2, 0) is 4.74 Å². The van der Waals surface area contributed by atoms with Gasteiger partial charge in [0.05, 0.1) is 23.9 Å². The van der Waals surface area contributed by atoms with Gasteiger partial charge in [-0.15, -0.1) is 11.6 Å². The van der Waals surface area contributed by atoms with Crippen LogP contribution in [0.1, 0.15) is 44.9 Å². The highest BCUT2D eigenvalue weighted by atomic mass is 35.5. The lowest BCUT2D eigenvalue weighted by Gasteiger charge is -2.31. The number of benzene rings is 2. The van der Waals surface area contributed by atoms with Crippen LogP contribution in [-0.4, -0.2) is 96.7 Å². The number of esters is 1. The molecule has 12 heteroatoms. The van der Waals surface area contributed by atoms with Crippen LogP contribution in [0, 0.1) is 6.92 Å². The number of aromatic amines is 2. The number of nitrogens with one attached hydrogen (secondary N) is 3. The summed E-state index contributed by atoms with van der Waals surface area (Å²) >= 11 is 6.50. The van der Waals surface area contributed by atoms with Crippen LogP contribution in [0.3, 0.4) is 0 Å². The Labute approximate surface area is 253 Å². The van der Waals surface area contributed by atoms with E-state index >= 15 is 0 Å². The second-order valence-electron chi connectivity index (χ2n) is 11.0. The number of rotatable bonds is 5. The Bertz CT molecular complexity index is 1780. The quantitative estimate of drug-likeness (QED) is 0.182. The number of ether oxygens (including phenoxy) is 2. The maximum atomic E-state index is 14.1. The fraction of sp³-hybridized carbons (Fsp3) is 0.355. The van der Waals surface area contributed by atoms with Gasteiger partial charge in [0, 0.05) is 91.6 Å². The summed E-state index contributed by atoms with van der Waals surface area (Å²) in [6.07, 6.45) is 1.35. The minimum atomic E-state index is -0.532. The van der Waals surface area contributed by atoms with Crippen molar-refractivity contribution >= 4 is 69.0 Å². The number of nitrogens with zero attached hydrogens (tertiary/aromatic N) is 3. The minimum absolute atomic E-state index is 0.215. The van der Waals surface area contributed by atoms with E-state index < -0.39 is 12.1 Å². The van der Waals surface area contributed by atoms with E-state index in [2.05, 4.69) is 19.9 Å². The van der Waals surface area contributed by atoms with Gasteiger partial charge in [-0.1, -0.05) is 0 Å². The number of likely N-dealkylation sites (N-methyl/N-ethyl adjacent to an activating group) is 1. The Kier molecular flexibility index (Phi) is 7.61. The molecule has 0 bridgehead atoms. The summed E-state index contributed by atoms with van der Waals surface area (Å²) in [5.41, 5.74) is 4.80. The van der Waals surface area contributed by atoms with Crippen molar-refractivity contribution in [3.05, 3.63) is 52.8 Å². The first-order valence-electron chi connectivity index (χ1n) is 14.2. The topological polar surface area (TPSA) is 125 Å². The summed E-state index contributed by atoms with van der Waals surface area (Å²) in [7, 11) is 3.33. The molecule has 43 heavy (non-hydrogen) atoms. The number of piperazine rings is 1. The maximum Gasteiger partial charge on any atom is 0.415 e. The fourth-order valence-electron chi connectivity index (χ4n) is 6.08. The van der Waals surface area contributed by atoms with E-state index in [1.807, 2.05) is 44.5 Å². The van der Waals surface area contributed by atoms with Crippen LogP contribution in [0.2, 0.25) is 0 Å². The molecule has 2 aliphatic rings. The number of amides is 2. The lowest BCUT2D eigenvalue weighted by atomic mass is 9.95. The normalized spacial score (nSPS) is 17.3. The number of methoxy groups -OCH3 is 1. The Balaban J connectivity index is 1.47. The summed E-state index contributed by atoms with van der Waals surface area (Å²) in [4.78, 5) is 55.5. The molecule has 224 valence electrons. The van der Waals surface area contributed by atoms with Gasteiger partial charge < -0.3 is 34.1 Å². The van der Waals surface area contributed by atoms with Gasteiger partial charge >= 0.3 is 12.1 Å². The molecule has 3 N–H and O–H groups in total. The number of hydrogen-bond donors (Lipinski definition) is 3. The van der Waals surface area contributed by atoms with Crippen molar-refractivity contribution < 1.29 is 28.8 Å². The van der Waals surface area contributed by atoms with Gasteiger partial charge in [0.25, 0.3) is 5.91 Å². The zero-order valence-electron chi connectivity index (χ0n) is 24.5. The number of aromatic nitrogens is 2. The number of hydrogen-bond acceptors (Lipinski definition) is 6. The molecule has 1 atom stereocenters. The summed E-state index contributed by atoms with van der Waals surface area (Å²) in [5, 5.41) is 1.43. The maximum absolute atomic E-state index is 14.1.